The van der Waals surface area contributed by atoms with E-state index >= 15 is 0 Å². The van der Waals surface area contributed by atoms with Crippen molar-refractivity contribution < 1.29 is 14.2 Å². The van der Waals surface area contributed by atoms with Crippen molar-refractivity contribution in [1.29, 1.82) is 0 Å². The summed E-state index contributed by atoms with van der Waals surface area (Å²) in [7, 11) is 3.40. The first-order chi connectivity index (χ1) is 14.8. The Bertz CT molecular complexity index is 733. The predicted octanol–water partition coefficient (Wildman–Crippen LogP) is 4.81. The van der Waals surface area contributed by atoms with Crippen LogP contribution in [-0.2, 0) is 6.61 Å². The van der Waals surface area contributed by atoms with E-state index in [1.54, 1.807) is 14.2 Å². The quantitative estimate of drug-likeness (QED) is 0.607. The Kier molecular flexibility index (Phi) is 8.84. The lowest BCUT2D eigenvalue weighted by molar-refractivity contribution is 0.195. The van der Waals surface area contributed by atoms with Crippen LogP contribution in [0.1, 0.15) is 49.8 Å². The number of rotatable bonds is 10. The highest BCUT2D eigenvalue weighted by Crippen LogP contribution is 2.42. The summed E-state index contributed by atoms with van der Waals surface area (Å²) in [5.41, 5.74) is 2.36. The van der Waals surface area contributed by atoms with Crippen molar-refractivity contribution in [3.8, 4) is 17.2 Å². The normalized spacial score (nSPS) is 16.0. The van der Waals surface area contributed by atoms with Gasteiger partial charge in [-0.25, -0.2) is 0 Å². The van der Waals surface area contributed by atoms with Gasteiger partial charge in [-0.3, -0.25) is 4.90 Å². The molecule has 164 valence electrons. The van der Waals surface area contributed by atoms with Crippen LogP contribution in [0.15, 0.2) is 42.5 Å². The van der Waals surface area contributed by atoms with E-state index in [-0.39, 0.29) is 0 Å². The largest absolute Gasteiger partial charge is 0.493 e. The van der Waals surface area contributed by atoms with E-state index in [0.29, 0.717) is 18.4 Å². The molecule has 0 aromatic heterocycles. The molecule has 1 N–H and O–H groups in total. The van der Waals surface area contributed by atoms with Gasteiger partial charge in [-0.15, -0.1) is 0 Å². The third-order valence-corrected chi connectivity index (χ3v) is 5.74. The third-order valence-electron chi connectivity index (χ3n) is 5.74. The predicted molar refractivity (Wildman–Crippen MR) is 122 cm³/mol. The van der Waals surface area contributed by atoms with E-state index in [9.17, 15) is 0 Å². The monoisotopic (exact) mass is 412 g/mol. The molecule has 1 heterocycles. The zero-order valence-electron chi connectivity index (χ0n) is 18.7. The summed E-state index contributed by atoms with van der Waals surface area (Å²) < 4.78 is 17.6. The van der Waals surface area contributed by atoms with Crippen molar-refractivity contribution in [3.63, 3.8) is 0 Å². The maximum absolute atomic E-state index is 6.14. The molecule has 0 radical (unpaired) electrons. The number of unbranched alkanes of at least 4 members (excludes halogenated alkanes) is 1. The Morgan fingerprint density at radius 2 is 1.73 bits per heavy atom. The first-order valence-electron chi connectivity index (χ1n) is 11.1. The molecule has 0 saturated carbocycles. The summed E-state index contributed by atoms with van der Waals surface area (Å²) in [5, 5.41) is 3.52. The van der Waals surface area contributed by atoms with Gasteiger partial charge in [-0.2, -0.15) is 0 Å². The summed E-state index contributed by atoms with van der Waals surface area (Å²) in [6.45, 7) is 7.03. The summed E-state index contributed by atoms with van der Waals surface area (Å²) in [5.74, 6) is 2.13. The molecule has 1 atom stereocenters. The molecule has 0 aliphatic carbocycles. The van der Waals surface area contributed by atoms with Gasteiger partial charge in [0, 0.05) is 25.7 Å². The number of benzene rings is 2. The highest BCUT2D eigenvalue weighted by Gasteiger charge is 2.24. The van der Waals surface area contributed by atoms with E-state index < -0.39 is 0 Å². The number of ether oxygens (including phenoxy) is 3. The van der Waals surface area contributed by atoms with Crippen LogP contribution in [0.25, 0.3) is 0 Å². The van der Waals surface area contributed by atoms with Gasteiger partial charge >= 0.3 is 0 Å². The lowest BCUT2D eigenvalue weighted by atomic mass is 9.98. The van der Waals surface area contributed by atoms with Crippen molar-refractivity contribution in [2.24, 2.45) is 0 Å². The highest BCUT2D eigenvalue weighted by atomic mass is 16.5. The molecule has 5 heteroatoms. The van der Waals surface area contributed by atoms with Crippen LogP contribution < -0.4 is 19.5 Å². The van der Waals surface area contributed by atoms with E-state index in [2.05, 4.69) is 41.4 Å². The number of nitrogens with zero attached hydrogens (tertiary/aromatic N) is 1. The first-order valence-corrected chi connectivity index (χ1v) is 11.1. The summed E-state index contributed by atoms with van der Waals surface area (Å²) >= 11 is 0. The minimum atomic E-state index is 0.357. The molecule has 2 aromatic carbocycles. The Labute approximate surface area is 181 Å². The lowest BCUT2D eigenvalue weighted by Crippen LogP contribution is -2.32. The molecule has 0 spiro atoms. The molecule has 1 unspecified atom stereocenters. The van der Waals surface area contributed by atoms with E-state index in [1.807, 2.05) is 18.2 Å². The average molecular weight is 413 g/mol. The zero-order valence-corrected chi connectivity index (χ0v) is 18.7. The first kappa shape index (κ1) is 22.4. The standard InChI is InChI=1S/C25H36N2O3/c1-4-5-12-22(27-15-9-13-26-14-16-27)21-17-23(28-2)25(24(18-21)29-3)30-19-20-10-7-6-8-11-20/h6-8,10-11,17-18,22,26H,4-5,9,12-16,19H2,1-3H3. The highest BCUT2D eigenvalue weighted by molar-refractivity contribution is 5.54. The zero-order chi connectivity index (χ0) is 21.2. The third kappa shape index (κ3) is 5.89. The minimum Gasteiger partial charge on any atom is -0.493 e. The molecule has 5 nitrogen and oxygen atoms in total. The van der Waals surface area contributed by atoms with Crippen molar-refractivity contribution >= 4 is 0 Å². The van der Waals surface area contributed by atoms with Gasteiger partial charge in [0.1, 0.15) is 6.61 Å². The molecule has 1 aliphatic heterocycles. The van der Waals surface area contributed by atoms with E-state index in [1.165, 1.54) is 24.8 Å². The van der Waals surface area contributed by atoms with Crippen LogP contribution in [-0.4, -0.2) is 45.3 Å². The summed E-state index contributed by atoms with van der Waals surface area (Å²) in [6, 6.07) is 14.8. The van der Waals surface area contributed by atoms with Crippen molar-refractivity contribution in [3.05, 3.63) is 53.6 Å². The Morgan fingerprint density at radius 1 is 1.00 bits per heavy atom. The Balaban J connectivity index is 1.88. The molecule has 0 amide bonds. The second-order valence-electron chi connectivity index (χ2n) is 7.83. The molecule has 1 saturated heterocycles. The average Bonchev–Trinajstić information content (AvgIpc) is 3.08. The number of nitrogens with one attached hydrogen (secondary N) is 1. The van der Waals surface area contributed by atoms with E-state index in [4.69, 9.17) is 14.2 Å². The van der Waals surface area contributed by atoms with Crippen LogP contribution >= 0.6 is 0 Å². The van der Waals surface area contributed by atoms with E-state index in [0.717, 1.165) is 49.7 Å². The number of hydrogen-bond acceptors (Lipinski definition) is 5. The molecule has 1 aliphatic rings. The smallest absolute Gasteiger partial charge is 0.203 e. The van der Waals surface area contributed by atoms with Crippen LogP contribution in [0, 0.1) is 0 Å². The van der Waals surface area contributed by atoms with Gasteiger partial charge in [0.2, 0.25) is 5.75 Å². The summed E-state index contributed by atoms with van der Waals surface area (Å²) in [6.07, 6.45) is 4.70. The number of methoxy groups -OCH3 is 2. The fourth-order valence-corrected chi connectivity index (χ4v) is 4.10. The lowest BCUT2D eigenvalue weighted by Gasteiger charge is -2.31. The molecule has 2 aromatic rings. The Morgan fingerprint density at radius 3 is 2.40 bits per heavy atom. The second-order valence-corrected chi connectivity index (χ2v) is 7.83. The summed E-state index contributed by atoms with van der Waals surface area (Å²) in [4.78, 5) is 2.61. The van der Waals surface area contributed by atoms with Gasteiger partial charge in [0.25, 0.3) is 0 Å². The fourth-order valence-electron chi connectivity index (χ4n) is 4.10. The molecule has 1 fully saturated rings. The minimum absolute atomic E-state index is 0.357. The second kappa shape index (κ2) is 11.8. The van der Waals surface area contributed by atoms with Gasteiger partial charge in [0.05, 0.1) is 14.2 Å². The maximum atomic E-state index is 6.14. The van der Waals surface area contributed by atoms with Crippen LogP contribution in [0.4, 0.5) is 0 Å². The molecule has 0 bridgehead atoms. The SMILES string of the molecule is CCCCC(c1cc(OC)c(OCc2ccccc2)c(OC)c1)N1CCCNCC1. The maximum Gasteiger partial charge on any atom is 0.203 e. The van der Waals surface area contributed by atoms with Crippen molar-refractivity contribution in [2.45, 2.75) is 45.3 Å². The van der Waals surface area contributed by atoms with Crippen LogP contribution in [0.2, 0.25) is 0 Å². The molecular formula is C25H36N2O3. The molecule has 30 heavy (non-hydrogen) atoms. The van der Waals surface area contributed by atoms with Crippen molar-refractivity contribution in [1.82, 2.24) is 10.2 Å². The van der Waals surface area contributed by atoms with Gasteiger partial charge in [-0.05, 0) is 42.6 Å². The number of hydrogen-bond donors (Lipinski definition) is 1. The topological polar surface area (TPSA) is 43.0 Å². The van der Waals surface area contributed by atoms with Gasteiger partial charge < -0.3 is 19.5 Å². The van der Waals surface area contributed by atoms with Crippen LogP contribution in [0.5, 0.6) is 17.2 Å². The van der Waals surface area contributed by atoms with Gasteiger partial charge in [0.15, 0.2) is 11.5 Å². The Hall–Kier alpha value is -2.24. The molecular weight excluding hydrogens is 376 g/mol. The van der Waals surface area contributed by atoms with Crippen LogP contribution in [0.3, 0.4) is 0 Å². The van der Waals surface area contributed by atoms with Gasteiger partial charge in [-0.1, -0.05) is 50.1 Å². The fraction of sp³-hybridized carbons (Fsp3) is 0.520. The van der Waals surface area contributed by atoms with Crippen molar-refractivity contribution in [2.75, 3.05) is 40.4 Å². The molecule has 3 rings (SSSR count).